The molecule has 2 rings (SSSR count). The Balaban J connectivity index is 2.97. The molecule has 30 heavy (non-hydrogen) atoms. The number of nitrogens with zero attached hydrogens (tertiary/aromatic N) is 4. The van der Waals surface area contributed by atoms with Gasteiger partial charge in [0.15, 0.2) is 5.56 Å². The van der Waals surface area contributed by atoms with E-state index in [0.29, 0.717) is 0 Å². The zero-order valence-electron chi connectivity index (χ0n) is 16.3. The Labute approximate surface area is 176 Å². The second kappa shape index (κ2) is 9.79. The second-order valence-corrected chi connectivity index (χ2v) is 6.23. The third kappa shape index (κ3) is 4.54. The molecule has 0 aliphatic rings. The van der Waals surface area contributed by atoms with E-state index in [1.165, 1.54) is 37.4 Å². The van der Waals surface area contributed by atoms with Crippen molar-refractivity contribution >= 4 is 34.9 Å². The van der Waals surface area contributed by atoms with Gasteiger partial charge < -0.3 is 9.64 Å². The number of esters is 1. The number of hydrogen-bond acceptors (Lipinski definition) is 7. The molecule has 0 saturated heterocycles. The fraction of sp³-hybridized carbons (Fsp3) is 0.263. The molecular formula is C19H19ClN4O6. The van der Waals surface area contributed by atoms with Crippen LogP contribution in [0.1, 0.15) is 17.3 Å². The lowest BCUT2D eigenvalue weighted by atomic mass is 10.1. The summed E-state index contributed by atoms with van der Waals surface area (Å²) >= 11 is 5.66. The van der Waals surface area contributed by atoms with Gasteiger partial charge in [0.25, 0.3) is 11.2 Å². The molecule has 0 fully saturated rings. The maximum absolute atomic E-state index is 12.9. The molecule has 0 atom stereocenters. The maximum Gasteiger partial charge on any atom is 0.346 e. The van der Waals surface area contributed by atoms with Crippen molar-refractivity contribution in [1.82, 2.24) is 9.78 Å². The van der Waals surface area contributed by atoms with E-state index in [-0.39, 0.29) is 35.8 Å². The summed E-state index contributed by atoms with van der Waals surface area (Å²) in [6.07, 6.45) is 1.40. The second-order valence-electron chi connectivity index (χ2n) is 5.96. The number of rotatable bonds is 8. The largest absolute Gasteiger partial charge is 0.462 e. The van der Waals surface area contributed by atoms with Crippen LogP contribution < -0.4 is 10.5 Å². The van der Waals surface area contributed by atoms with Crippen LogP contribution in [0.25, 0.3) is 11.3 Å². The molecule has 1 amide bonds. The molecule has 0 saturated carbocycles. The Hall–Kier alpha value is -3.53. The van der Waals surface area contributed by atoms with Crippen LogP contribution in [0.15, 0.2) is 41.7 Å². The Bertz CT molecular complexity index is 1070. The average Bonchev–Trinajstić information content (AvgIpc) is 2.73. The van der Waals surface area contributed by atoms with Crippen molar-refractivity contribution in [2.45, 2.75) is 13.5 Å². The van der Waals surface area contributed by atoms with E-state index in [1.807, 2.05) is 0 Å². The Morgan fingerprint density at radius 3 is 2.70 bits per heavy atom. The molecule has 0 N–H and O–H groups in total. The molecule has 158 valence electrons. The molecular weight excluding hydrogens is 416 g/mol. The van der Waals surface area contributed by atoms with Crippen LogP contribution in [0.4, 0.5) is 11.4 Å². The van der Waals surface area contributed by atoms with Crippen molar-refractivity contribution in [3.05, 3.63) is 63.0 Å². The first-order valence-corrected chi connectivity index (χ1v) is 9.30. The number of carbonyl (C=O) groups is 2. The summed E-state index contributed by atoms with van der Waals surface area (Å²) < 4.78 is 5.98. The van der Waals surface area contributed by atoms with Crippen LogP contribution in [0, 0.1) is 10.1 Å². The minimum Gasteiger partial charge on any atom is -0.462 e. The van der Waals surface area contributed by atoms with Crippen molar-refractivity contribution < 1.29 is 19.2 Å². The van der Waals surface area contributed by atoms with Gasteiger partial charge in [-0.05, 0) is 6.92 Å². The van der Waals surface area contributed by atoms with Crippen molar-refractivity contribution in [2.24, 2.45) is 0 Å². The number of nitro benzene ring substituents is 1. The number of non-ortho nitro benzene ring substituents is 1. The average molecular weight is 435 g/mol. The van der Waals surface area contributed by atoms with Crippen molar-refractivity contribution in [3.8, 4) is 11.3 Å². The van der Waals surface area contributed by atoms with Gasteiger partial charge in [0.2, 0.25) is 5.91 Å². The van der Waals surface area contributed by atoms with Gasteiger partial charge in [-0.1, -0.05) is 18.2 Å². The van der Waals surface area contributed by atoms with Crippen molar-refractivity contribution in [2.75, 3.05) is 24.4 Å². The lowest BCUT2D eigenvalue weighted by molar-refractivity contribution is -0.384. The normalized spacial score (nSPS) is 10.4. The number of alkyl halides is 1. The van der Waals surface area contributed by atoms with Gasteiger partial charge in [-0.2, -0.15) is 5.10 Å². The fourth-order valence-electron chi connectivity index (χ4n) is 2.70. The summed E-state index contributed by atoms with van der Waals surface area (Å²) in [5, 5.41) is 15.4. The molecule has 1 aromatic carbocycles. The van der Waals surface area contributed by atoms with Crippen molar-refractivity contribution in [1.29, 1.82) is 0 Å². The van der Waals surface area contributed by atoms with E-state index in [9.17, 15) is 24.5 Å². The quantitative estimate of drug-likeness (QED) is 0.205. The monoisotopic (exact) mass is 434 g/mol. The summed E-state index contributed by atoms with van der Waals surface area (Å²) in [5.74, 6) is -2.00. The van der Waals surface area contributed by atoms with Gasteiger partial charge in [-0.25, -0.2) is 9.48 Å². The lowest BCUT2D eigenvalue weighted by Gasteiger charge is -2.22. The number of amides is 1. The minimum absolute atomic E-state index is 0.00386. The molecule has 0 aliphatic heterocycles. The highest BCUT2D eigenvalue weighted by Crippen LogP contribution is 2.32. The number of ether oxygens (including phenoxy) is 1. The van der Waals surface area contributed by atoms with E-state index in [2.05, 4.69) is 11.7 Å². The summed E-state index contributed by atoms with van der Waals surface area (Å²) in [7, 11) is 1.32. The standard InChI is InChI=1S/C19H19ClN4O6/c1-4-9-23-18(26)15(19(27)30-5-2)17(22(3)14(25)11-20)16(21-23)12-7-6-8-13(10-12)24(28)29/h4,6-8,10H,1,5,9,11H2,2-3H3. The third-order valence-corrected chi connectivity index (χ3v) is 4.29. The first kappa shape index (κ1) is 22.8. The summed E-state index contributed by atoms with van der Waals surface area (Å²) in [4.78, 5) is 49.5. The number of benzene rings is 1. The Morgan fingerprint density at radius 2 is 2.13 bits per heavy atom. The van der Waals surface area contributed by atoms with Crippen LogP contribution in [0.3, 0.4) is 0 Å². The molecule has 0 radical (unpaired) electrons. The number of hydrogen-bond donors (Lipinski definition) is 0. The van der Waals surface area contributed by atoms with Crippen LogP contribution >= 0.6 is 11.6 Å². The summed E-state index contributed by atoms with van der Waals surface area (Å²) in [5.41, 5.74) is -1.39. The molecule has 1 aromatic heterocycles. The molecule has 0 unspecified atom stereocenters. The molecule has 11 heteroatoms. The highest BCUT2D eigenvalue weighted by Gasteiger charge is 2.30. The van der Waals surface area contributed by atoms with Gasteiger partial charge in [-0.3, -0.25) is 19.7 Å². The number of anilines is 1. The first-order valence-electron chi connectivity index (χ1n) is 8.77. The first-order chi connectivity index (χ1) is 14.3. The van der Waals surface area contributed by atoms with Crippen LogP contribution in [-0.4, -0.2) is 46.1 Å². The SMILES string of the molecule is C=CCn1nc(-c2cccc([N+](=O)[O-])c2)c(N(C)C(=O)CCl)c(C(=O)OCC)c1=O. The van der Waals surface area contributed by atoms with Gasteiger partial charge in [-0.15, -0.1) is 18.2 Å². The molecule has 0 spiro atoms. The number of carbonyl (C=O) groups excluding carboxylic acids is 2. The molecule has 1 heterocycles. The van der Waals surface area contributed by atoms with E-state index >= 15 is 0 Å². The predicted octanol–water partition coefficient (Wildman–Crippen LogP) is 2.38. The molecule has 2 aromatic rings. The highest BCUT2D eigenvalue weighted by molar-refractivity contribution is 6.29. The summed E-state index contributed by atoms with van der Waals surface area (Å²) in [6.45, 7) is 5.07. The fourth-order valence-corrected chi connectivity index (χ4v) is 2.88. The van der Waals surface area contributed by atoms with Gasteiger partial charge in [0.05, 0.1) is 23.8 Å². The minimum atomic E-state index is -0.960. The predicted molar refractivity (Wildman–Crippen MR) is 111 cm³/mol. The molecule has 0 bridgehead atoms. The van der Waals surface area contributed by atoms with E-state index < -0.39 is 33.8 Å². The van der Waals surface area contributed by atoms with Gasteiger partial charge in [0.1, 0.15) is 11.6 Å². The molecule has 0 aliphatic carbocycles. The van der Waals surface area contributed by atoms with E-state index in [1.54, 1.807) is 6.92 Å². The smallest absolute Gasteiger partial charge is 0.346 e. The number of halogens is 1. The zero-order valence-corrected chi connectivity index (χ0v) is 17.1. The van der Waals surface area contributed by atoms with Crippen molar-refractivity contribution in [3.63, 3.8) is 0 Å². The number of allylic oxidation sites excluding steroid dienone is 1. The number of nitro groups is 1. The number of aromatic nitrogens is 2. The zero-order chi connectivity index (χ0) is 22.4. The Morgan fingerprint density at radius 1 is 1.43 bits per heavy atom. The maximum atomic E-state index is 12.9. The van der Waals surface area contributed by atoms with Crippen LogP contribution in [-0.2, 0) is 16.1 Å². The third-order valence-electron chi connectivity index (χ3n) is 4.07. The van der Waals surface area contributed by atoms with E-state index in [4.69, 9.17) is 16.3 Å². The van der Waals surface area contributed by atoms with Gasteiger partial charge >= 0.3 is 5.97 Å². The highest BCUT2D eigenvalue weighted by atomic mass is 35.5. The van der Waals surface area contributed by atoms with Gasteiger partial charge in [0, 0.05) is 24.7 Å². The van der Waals surface area contributed by atoms with Crippen LogP contribution in [0.2, 0.25) is 0 Å². The Kier molecular flexibility index (Phi) is 7.43. The lowest BCUT2D eigenvalue weighted by Crippen LogP contribution is -2.37. The van der Waals surface area contributed by atoms with E-state index in [0.717, 1.165) is 9.58 Å². The summed E-state index contributed by atoms with van der Waals surface area (Å²) in [6, 6.07) is 5.44. The van der Waals surface area contributed by atoms with Crippen LogP contribution in [0.5, 0.6) is 0 Å². The topological polar surface area (TPSA) is 125 Å². The molecule has 10 nitrogen and oxygen atoms in total.